The molecule has 2 aromatic heterocycles. The Hall–Kier alpha value is -1.10. The molecule has 0 unspecified atom stereocenters. The molecule has 1 aromatic carbocycles. The van der Waals surface area contributed by atoms with Crippen molar-refractivity contribution < 1.29 is 0 Å². The zero-order chi connectivity index (χ0) is 15.8. The van der Waals surface area contributed by atoms with Crippen molar-refractivity contribution in [3.8, 4) is 0 Å². The Kier molecular flexibility index (Phi) is 5.48. The molecule has 4 rings (SSSR count). The second kappa shape index (κ2) is 7.42. The molecule has 1 aliphatic rings. The minimum atomic E-state index is 0. The molecule has 3 heterocycles. The molecular weight excluding hydrogens is 338 g/mol. The van der Waals surface area contributed by atoms with Crippen LogP contribution in [0.15, 0.2) is 18.2 Å². The number of hydrogen-bond acceptors (Lipinski definition) is 3. The van der Waals surface area contributed by atoms with Crippen LogP contribution >= 0.6 is 23.7 Å². The first-order valence-electron chi connectivity index (χ1n) is 8.87. The molecule has 0 atom stereocenters. The van der Waals surface area contributed by atoms with Crippen molar-refractivity contribution in [1.82, 2.24) is 14.5 Å². The summed E-state index contributed by atoms with van der Waals surface area (Å²) < 4.78 is 2.50. The summed E-state index contributed by atoms with van der Waals surface area (Å²) in [6.45, 7) is 9.11. The van der Waals surface area contributed by atoms with Gasteiger partial charge in [-0.25, -0.2) is 4.98 Å². The maximum atomic E-state index is 4.82. The van der Waals surface area contributed by atoms with Crippen LogP contribution in [0.2, 0.25) is 0 Å². The van der Waals surface area contributed by atoms with Gasteiger partial charge in [-0.2, -0.15) is 0 Å². The summed E-state index contributed by atoms with van der Waals surface area (Å²) in [6, 6.07) is 6.92. The fourth-order valence-corrected chi connectivity index (χ4v) is 4.73. The third-order valence-electron chi connectivity index (χ3n) is 5.07. The highest BCUT2D eigenvalue weighted by Crippen LogP contribution is 2.33. The van der Waals surface area contributed by atoms with Crippen LogP contribution in [-0.2, 0) is 13.0 Å². The minimum Gasteiger partial charge on any atom is -0.330 e. The van der Waals surface area contributed by atoms with Crippen LogP contribution in [0.3, 0.4) is 0 Å². The van der Waals surface area contributed by atoms with E-state index in [0.29, 0.717) is 0 Å². The number of piperidine rings is 1. The van der Waals surface area contributed by atoms with Gasteiger partial charge in [0.25, 0.3) is 0 Å². The van der Waals surface area contributed by atoms with Crippen LogP contribution in [0.4, 0.5) is 0 Å². The highest BCUT2D eigenvalue weighted by atomic mass is 35.5. The monoisotopic (exact) mass is 363 g/mol. The molecule has 24 heavy (non-hydrogen) atoms. The van der Waals surface area contributed by atoms with Crippen LogP contribution in [0.1, 0.15) is 36.8 Å². The third-order valence-corrected chi connectivity index (χ3v) is 6.06. The van der Waals surface area contributed by atoms with Gasteiger partial charge in [-0.3, -0.25) is 0 Å². The number of benzene rings is 1. The van der Waals surface area contributed by atoms with Crippen molar-refractivity contribution in [3.05, 3.63) is 28.8 Å². The van der Waals surface area contributed by atoms with Gasteiger partial charge >= 0.3 is 0 Å². The second-order valence-corrected chi connectivity index (χ2v) is 7.83. The Labute approximate surface area is 154 Å². The van der Waals surface area contributed by atoms with Crippen molar-refractivity contribution >= 4 is 45.0 Å². The quantitative estimate of drug-likeness (QED) is 0.648. The van der Waals surface area contributed by atoms with Crippen LogP contribution < -0.4 is 0 Å². The number of halogens is 1. The molecule has 0 saturated carbocycles. The minimum absolute atomic E-state index is 0. The topological polar surface area (TPSA) is 21.1 Å². The maximum Gasteiger partial charge on any atom is 0.124 e. The highest BCUT2D eigenvalue weighted by Gasteiger charge is 2.16. The van der Waals surface area contributed by atoms with Crippen LogP contribution in [0, 0.1) is 6.92 Å². The summed E-state index contributed by atoms with van der Waals surface area (Å²) in [4.78, 5) is 8.79. The van der Waals surface area contributed by atoms with Crippen molar-refractivity contribution in [2.24, 2.45) is 0 Å². The van der Waals surface area contributed by atoms with Gasteiger partial charge in [0.05, 0.1) is 10.5 Å². The van der Waals surface area contributed by atoms with Crippen molar-refractivity contribution in [3.63, 3.8) is 0 Å². The zero-order valence-corrected chi connectivity index (χ0v) is 16.2. The Morgan fingerprint density at radius 2 is 1.92 bits per heavy atom. The summed E-state index contributed by atoms with van der Waals surface area (Å²) >= 11 is 1.84. The summed E-state index contributed by atoms with van der Waals surface area (Å²) in [6.07, 6.45) is 5.21. The first-order chi connectivity index (χ1) is 11.3. The van der Waals surface area contributed by atoms with Gasteiger partial charge in [0.2, 0.25) is 0 Å². The number of aromatic nitrogens is 2. The van der Waals surface area contributed by atoms with E-state index in [1.165, 1.54) is 64.2 Å². The van der Waals surface area contributed by atoms with Crippen molar-refractivity contribution in [2.75, 3.05) is 19.6 Å². The summed E-state index contributed by atoms with van der Waals surface area (Å²) in [5.41, 5.74) is 3.96. The summed E-state index contributed by atoms with van der Waals surface area (Å²) in [5, 5.41) is 2.51. The largest absolute Gasteiger partial charge is 0.330 e. The molecule has 1 fully saturated rings. The molecule has 1 saturated heterocycles. The van der Waals surface area contributed by atoms with E-state index in [4.69, 9.17) is 4.98 Å². The molecular formula is C19H26ClN3S. The number of thiazole rings is 1. The van der Waals surface area contributed by atoms with E-state index in [1.54, 1.807) is 0 Å². The van der Waals surface area contributed by atoms with Gasteiger partial charge in [0, 0.05) is 18.5 Å². The predicted octanol–water partition coefficient (Wildman–Crippen LogP) is 5.03. The molecule has 0 radical (unpaired) electrons. The number of likely N-dealkylation sites (tertiary alicyclic amines) is 1. The Balaban J connectivity index is 0.00000169. The van der Waals surface area contributed by atoms with E-state index in [2.05, 4.69) is 41.5 Å². The first-order valence-corrected chi connectivity index (χ1v) is 9.68. The summed E-state index contributed by atoms with van der Waals surface area (Å²) in [5.74, 6) is 0. The Bertz CT molecular complexity index is 830. The van der Waals surface area contributed by atoms with Crippen molar-refractivity contribution in [1.29, 1.82) is 0 Å². The molecule has 130 valence electrons. The van der Waals surface area contributed by atoms with E-state index in [9.17, 15) is 0 Å². The van der Waals surface area contributed by atoms with Crippen LogP contribution in [0.5, 0.6) is 0 Å². The predicted molar refractivity (Wildman–Crippen MR) is 107 cm³/mol. The fraction of sp³-hybridized carbons (Fsp3) is 0.526. The zero-order valence-electron chi connectivity index (χ0n) is 14.5. The lowest BCUT2D eigenvalue weighted by Gasteiger charge is -2.26. The number of nitrogens with zero attached hydrogens (tertiary/aromatic N) is 3. The molecule has 0 bridgehead atoms. The smallest absolute Gasteiger partial charge is 0.124 e. The Morgan fingerprint density at radius 1 is 1.12 bits per heavy atom. The molecule has 0 spiro atoms. The van der Waals surface area contributed by atoms with Crippen molar-refractivity contribution in [2.45, 2.75) is 46.1 Å². The van der Waals surface area contributed by atoms with E-state index < -0.39 is 0 Å². The molecule has 0 amide bonds. The second-order valence-electron chi connectivity index (χ2n) is 6.65. The van der Waals surface area contributed by atoms with E-state index in [0.717, 1.165) is 19.5 Å². The highest BCUT2D eigenvalue weighted by molar-refractivity contribution is 7.18. The van der Waals surface area contributed by atoms with Gasteiger partial charge in [0.1, 0.15) is 10.3 Å². The van der Waals surface area contributed by atoms with E-state index in [1.807, 2.05) is 11.3 Å². The molecule has 5 heteroatoms. The van der Waals surface area contributed by atoms with Gasteiger partial charge in [-0.15, -0.1) is 23.7 Å². The number of aryl methyl sites for hydroxylation is 2. The van der Waals surface area contributed by atoms with Gasteiger partial charge in [-0.05, 0) is 57.0 Å². The standard InChI is InChI=1S/C19H25N3S.ClH/c1-3-15-7-8-17-16(13-15)18-19(23-14(2)20-18)22(17)12-11-21-9-5-4-6-10-21;/h7-8,13H,3-6,9-12H2,1-2H3;1H. The third kappa shape index (κ3) is 3.19. The van der Waals surface area contributed by atoms with E-state index in [-0.39, 0.29) is 12.4 Å². The lowest BCUT2D eigenvalue weighted by atomic mass is 10.1. The lowest BCUT2D eigenvalue weighted by molar-refractivity contribution is 0.222. The number of hydrogen-bond donors (Lipinski definition) is 0. The molecule has 0 aliphatic carbocycles. The fourth-order valence-electron chi connectivity index (χ4n) is 3.76. The average Bonchev–Trinajstić information content (AvgIpc) is 3.09. The molecule has 1 aliphatic heterocycles. The first kappa shape index (κ1) is 17.7. The summed E-state index contributed by atoms with van der Waals surface area (Å²) in [7, 11) is 0. The van der Waals surface area contributed by atoms with Crippen LogP contribution in [0.25, 0.3) is 21.3 Å². The molecule has 3 aromatic rings. The average molecular weight is 364 g/mol. The van der Waals surface area contributed by atoms with Gasteiger partial charge < -0.3 is 9.47 Å². The molecule has 3 nitrogen and oxygen atoms in total. The van der Waals surface area contributed by atoms with Crippen LogP contribution in [-0.4, -0.2) is 34.1 Å². The number of rotatable bonds is 4. The SMILES string of the molecule is CCc1ccc2c(c1)c1nc(C)sc1n2CCN1CCCCC1.Cl. The molecule has 0 N–H and O–H groups in total. The maximum absolute atomic E-state index is 4.82. The normalized spacial score (nSPS) is 15.9. The van der Waals surface area contributed by atoms with E-state index >= 15 is 0 Å². The Morgan fingerprint density at radius 3 is 2.67 bits per heavy atom. The van der Waals surface area contributed by atoms with Gasteiger partial charge in [0.15, 0.2) is 0 Å². The number of fused-ring (bicyclic) bond motifs is 3. The van der Waals surface area contributed by atoms with Gasteiger partial charge in [-0.1, -0.05) is 19.4 Å². The lowest BCUT2D eigenvalue weighted by Crippen LogP contribution is -2.32.